The third kappa shape index (κ3) is 5.56. The molecule has 2 aromatic carbocycles. The third-order valence-electron chi connectivity index (χ3n) is 3.33. The van der Waals surface area contributed by atoms with Crippen LogP contribution in [0.15, 0.2) is 42.5 Å². The predicted molar refractivity (Wildman–Crippen MR) is 91.2 cm³/mol. The van der Waals surface area contributed by atoms with E-state index < -0.39 is 11.7 Å². The zero-order valence-corrected chi connectivity index (χ0v) is 14.0. The highest BCUT2D eigenvalue weighted by Gasteiger charge is 2.30. The third-order valence-corrected chi connectivity index (χ3v) is 3.66. The molecule has 0 fully saturated rings. The van der Waals surface area contributed by atoms with Gasteiger partial charge in [0.1, 0.15) is 5.75 Å². The normalized spacial score (nSPS) is 11.1. The van der Waals surface area contributed by atoms with Gasteiger partial charge in [-0.25, -0.2) is 0 Å². The molecule has 2 aromatic rings. The Labute approximate surface area is 147 Å². The molecule has 8 heteroatoms. The Hall–Kier alpha value is -2.41. The summed E-state index contributed by atoms with van der Waals surface area (Å²) in [6, 6.07) is 9.78. The van der Waals surface area contributed by atoms with Gasteiger partial charge in [-0.15, -0.1) is 0 Å². The van der Waals surface area contributed by atoms with Crippen LogP contribution >= 0.6 is 11.6 Å². The summed E-state index contributed by atoms with van der Waals surface area (Å²) in [6.45, 7) is 0.142. The van der Waals surface area contributed by atoms with Crippen LogP contribution in [0.1, 0.15) is 12.0 Å². The maximum Gasteiger partial charge on any atom is 0.416 e. The zero-order valence-electron chi connectivity index (χ0n) is 13.3. The number of amides is 1. The molecule has 0 radical (unpaired) electrons. The Morgan fingerprint density at radius 3 is 2.44 bits per heavy atom. The first-order valence-corrected chi connectivity index (χ1v) is 7.72. The van der Waals surface area contributed by atoms with E-state index in [1.807, 2.05) is 0 Å². The minimum Gasteiger partial charge on any atom is -0.497 e. The first kappa shape index (κ1) is 18.9. The van der Waals surface area contributed by atoms with Gasteiger partial charge in [0, 0.05) is 18.7 Å². The van der Waals surface area contributed by atoms with Crippen molar-refractivity contribution in [2.24, 2.45) is 0 Å². The van der Waals surface area contributed by atoms with Crippen molar-refractivity contribution < 1.29 is 22.7 Å². The molecule has 0 bridgehead atoms. The van der Waals surface area contributed by atoms with Gasteiger partial charge >= 0.3 is 6.18 Å². The van der Waals surface area contributed by atoms with Crippen molar-refractivity contribution in [2.45, 2.75) is 12.6 Å². The maximum absolute atomic E-state index is 12.7. The fourth-order valence-electron chi connectivity index (χ4n) is 2.05. The molecule has 0 unspecified atom stereocenters. The highest BCUT2D eigenvalue weighted by atomic mass is 35.5. The van der Waals surface area contributed by atoms with Gasteiger partial charge in [0.15, 0.2) is 0 Å². The van der Waals surface area contributed by atoms with Crippen LogP contribution in [0.3, 0.4) is 0 Å². The smallest absolute Gasteiger partial charge is 0.416 e. The lowest BCUT2D eigenvalue weighted by molar-refractivity contribution is -0.137. The number of benzene rings is 2. The molecular weight excluding hydrogens is 357 g/mol. The van der Waals surface area contributed by atoms with Crippen LogP contribution in [0, 0.1) is 0 Å². The van der Waals surface area contributed by atoms with Crippen molar-refractivity contribution in [1.82, 2.24) is 0 Å². The lowest BCUT2D eigenvalue weighted by Gasteiger charge is -2.12. The minimum absolute atomic E-state index is 0.0681. The van der Waals surface area contributed by atoms with E-state index >= 15 is 0 Å². The second kappa shape index (κ2) is 8.11. The van der Waals surface area contributed by atoms with E-state index in [0.717, 1.165) is 12.1 Å². The van der Waals surface area contributed by atoms with E-state index in [2.05, 4.69) is 10.6 Å². The van der Waals surface area contributed by atoms with Crippen LogP contribution in [-0.4, -0.2) is 19.6 Å². The van der Waals surface area contributed by atoms with E-state index in [9.17, 15) is 18.0 Å². The SMILES string of the molecule is COc1ccc(NC(=O)CCNc2cc(C(F)(F)F)ccc2Cl)cc1. The number of anilines is 2. The van der Waals surface area contributed by atoms with Crippen LogP contribution in [-0.2, 0) is 11.0 Å². The number of methoxy groups -OCH3 is 1. The molecule has 0 aromatic heterocycles. The van der Waals surface area contributed by atoms with E-state index in [0.29, 0.717) is 11.4 Å². The summed E-state index contributed by atoms with van der Waals surface area (Å²) < 4.78 is 43.1. The van der Waals surface area contributed by atoms with Crippen LogP contribution in [0.2, 0.25) is 5.02 Å². The summed E-state index contributed by atoms with van der Waals surface area (Å²) in [6.07, 6.45) is -4.38. The molecule has 0 aliphatic heterocycles. The number of halogens is 4. The van der Waals surface area contributed by atoms with Gasteiger partial charge in [0.2, 0.25) is 5.91 Å². The first-order valence-electron chi connectivity index (χ1n) is 7.34. The summed E-state index contributed by atoms with van der Waals surface area (Å²) in [5.41, 5.74) is -0.0706. The second-order valence-electron chi connectivity index (χ2n) is 5.15. The molecule has 25 heavy (non-hydrogen) atoms. The second-order valence-corrected chi connectivity index (χ2v) is 5.55. The zero-order chi connectivity index (χ0) is 18.4. The molecular formula is C17H16ClF3N2O2. The Balaban J connectivity index is 1.88. The average Bonchev–Trinajstić information content (AvgIpc) is 2.56. The summed E-state index contributed by atoms with van der Waals surface area (Å²) in [5.74, 6) is 0.389. The number of hydrogen-bond donors (Lipinski definition) is 2. The molecule has 0 heterocycles. The van der Waals surface area contributed by atoms with E-state index in [1.54, 1.807) is 24.3 Å². The van der Waals surface area contributed by atoms with Crippen molar-refractivity contribution in [2.75, 3.05) is 24.3 Å². The molecule has 134 valence electrons. The topological polar surface area (TPSA) is 50.4 Å². The number of alkyl halides is 3. The van der Waals surface area contributed by atoms with E-state index in [-0.39, 0.29) is 29.6 Å². The Bertz CT molecular complexity index is 734. The maximum atomic E-state index is 12.7. The molecule has 0 saturated heterocycles. The summed E-state index contributed by atoms with van der Waals surface area (Å²) in [5, 5.41) is 5.59. The van der Waals surface area contributed by atoms with Crippen molar-refractivity contribution >= 4 is 28.9 Å². The van der Waals surface area contributed by atoms with Gasteiger partial charge in [-0.2, -0.15) is 13.2 Å². The Kier molecular flexibility index (Phi) is 6.14. The van der Waals surface area contributed by atoms with Crippen molar-refractivity contribution in [1.29, 1.82) is 0 Å². The highest BCUT2D eigenvalue weighted by Crippen LogP contribution is 2.33. The highest BCUT2D eigenvalue weighted by molar-refractivity contribution is 6.33. The lowest BCUT2D eigenvalue weighted by Crippen LogP contribution is -2.16. The first-order chi connectivity index (χ1) is 11.8. The van der Waals surface area contributed by atoms with Gasteiger partial charge in [0.25, 0.3) is 0 Å². The van der Waals surface area contributed by atoms with Gasteiger partial charge in [-0.1, -0.05) is 11.6 Å². The fourth-order valence-corrected chi connectivity index (χ4v) is 2.23. The molecule has 4 nitrogen and oxygen atoms in total. The van der Waals surface area contributed by atoms with Crippen LogP contribution in [0.5, 0.6) is 5.75 Å². The molecule has 1 amide bonds. The summed E-state index contributed by atoms with van der Waals surface area (Å²) >= 11 is 5.88. The number of ether oxygens (including phenoxy) is 1. The van der Waals surface area contributed by atoms with Crippen molar-refractivity contribution in [3.05, 3.63) is 53.1 Å². The summed E-state index contributed by atoms with van der Waals surface area (Å²) in [7, 11) is 1.54. The Morgan fingerprint density at radius 1 is 1.16 bits per heavy atom. The molecule has 0 spiro atoms. The van der Waals surface area contributed by atoms with E-state index in [4.69, 9.17) is 16.3 Å². The monoisotopic (exact) mass is 372 g/mol. The number of hydrogen-bond acceptors (Lipinski definition) is 3. The van der Waals surface area contributed by atoms with Crippen LogP contribution < -0.4 is 15.4 Å². The van der Waals surface area contributed by atoms with Crippen molar-refractivity contribution in [3.8, 4) is 5.75 Å². The van der Waals surface area contributed by atoms with Crippen LogP contribution in [0.4, 0.5) is 24.5 Å². The molecule has 0 aliphatic carbocycles. The van der Waals surface area contributed by atoms with Gasteiger partial charge in [-0.3, -0.25) is 4.79 Å². The van der Waals surface area contributed by atoms with Gasteiger partial charge in [0.05, 0.1) is 23.4 Å². The fraction of sp³-hybridized carbons (Fsp3) is 0.235. The number of nitrogens with one attached hydrogen (secondary N) is 2. The van der Waals surface area contributed by atoms with E-state index in [1.165, 1.54) is 13.2 Å². The molecule has 0 saturated carbocycles. The lowest BCUT2D eigenvalue weighted by atomic mass is 10.2. The van der Waals surface area contributed by atoms with Crippen LogP contribution in [0.25, 0.3) is 0 Å². The predicted octanol–water partition coefficient (Wildman–Crippen LogP) is 4.81. The molecule has 2 N–H and O–H groups in total. The number of rotatable bonds is 6. The van der Waals surface area contributed by atoms with Gasteiger partial charge in [-0.05, 0) is 42.5 Å². The molecule has 0 aliphatic rings. The number of carbonyl (C=O) groups is 1. The standard InChI is InChI=1S/C17H16ClF3N2O2/c1-25-13-5-3-12(4-6-13)23-16(24)8-9-22-15-10-11(17(19,20)21)2-7-14(15)18/h2-7,10,22H,8-9H2,1H3,(H,23,24). The summed E-state index contributed by atoms with van der Waals surface area (Å²) in [4.78, 5) is 11.9. The van der Waals surface area contributed by atoms with Crippen molar-refractivity contribution in [3.63, 3.8) is 0 Å². The number of carbonyl (C=O) groups excluding carboxylic acids is 1. The Morgan fingerprint density at radius 2 is 1.84 bits per heavy atom. The van der Waals surface area contributed by atoms with Gasteiger partial charge < -0.3 is 15.4 Å². The molecule has 0 atom stereocenters. The largest absolute Gasteiger partial charge is 0.497 e. The minimum atomic E-state index is -4.45. The average molecular weight is 373 g/mol. The quantitative estimate of drug-likeness (QED) is 0.765. The molecule has 2 rings (SSSR count).